The maximum absolute atomic E-state index is 11.6. The molecular formula is C16H22N2O2. The number of rotatable bonds is 4. The molecule has 1 aliphatic carbocycles. The van der Waals surface area contributed by atoms with Gasteiger partial charge < -0.3 is 10.0 Å². The van der Waals surface area contributed by atoms with Crippen molar-refractivity contribution in [2.24, 2.45) is 0 Å². The number of benzene rings is 1. The van der Waals surface area contributed by atoms with Gasteiger partial charge in [-0.05, 0) is 31.0 Å². The molecule has 1 aromatic rings. The molecule has 108 valence electrons. The van der Waals surface area contributed by atoms with Crippen LogP contribution < -0.4 is 0 Å². The van der Waals surface area contributed by atoms with Crippen molar-refractivity contribution in [3.8, 4) is 0 Å². The minimum atomic E-state index is -0.664. The second-order valence-electron chi connectivity index (χ2n) is 6.12. The molecular weight excluding hydrogens is 252 g/mol. The third-order valence-electron chi connectivity index (χ3n) is 4.68. The van der Waals surface area contributed by atoms with Crippen LogP contribution in [0.5, 0.6) is 0 Å². The van der Waals surface area contributed by atoms with Gasteiger partial charge in [-0.3, -0.25) is 9.69 Å². The molecule has 0 spiro atoms. The number of hydrogen-bond donors (Lipinski definition) is 1. The summed E-state index contributed by atoms with van der Waals surface area (Å²) in [5.74, 6) is -0.664. The second kappa shape index (κ2) is 5.19. The van der Waals surface area contributed by atoms with Gasteiger partial charge in [0.1, 0.15) is 0 Å². The van der Waals surface area contributed by atoms with Gasteiger partial charge in [0.2, 0.25) is 0 Å². The van der Waals surface area contributed by atoms with Crippen molar-refractivity contribution in [3.05, 3.63) is 35.4 Å². The van der Waals surface area contributed by atoms with E-state index >= 15 is 0 Å². The zero-order valence-electron chi connectivity index (χ0n) is 12.0. The van der Waals surface area contributed by atoms with Crippen molar-refractivity contribution in [3.63, 3.8) is 0 Å². The van der Waals surface area contributed by atoms with Crippen LogP contribution in [0.2, 0.25) is 0 Å². The van der Waals surface area contributed by atoms with E-state index in [4.69, 9.17) is 0 Å². The first-order valence-electron chi connectivity index (χ1n) is 7.34. The van der Waals surface area contributed by atoms with Crippen molar-refractivity contribution in [2.45, 2.75) is 24.8 Å². The van der Waals surface area contributed by atoms with Crippen LogP contribution in [0.15, 0.2) is 24.3 Å². The first-order chi connectivity index (χ1) is 9.62. The van der Waals surface area contributed by atoms with Gasteiger partial charge in [-0.25, -0.2) is 0 Å². The lowest BCUT2D eigenvalue weighted by molar-refractivity contribution is -0.140. The van der Waals surface area contributed by atoms with Crippen molar-refractivity contribution < 1.29 is 9.90 Å². The summed E-state index contributed by atoms with van der Waals surface area (Å²) >= 11 is 0. The lowest BCUT2D eigenvalue weighted by atomic mass is 9.91. The summed E-state index contributed by atoms with van der Waals surface area (Å²) in [6.45, 7) is 5.17. The Balaban J connectivity index is 1.79. The van der Waals surface area contributed by atoms with E-state index in [1.165, 1.54) is 5.56 Å². The summed E-state index contributed by atoms with van der Waals surface area (Å²) in [5, 5.41) is 9.50. The Bertz CT molecular complexity index is 503. The lowest BCUT2D eigenvalue weighted by Gasteiger charge is -2.33. The van der Waals surface area contributed by atoms with Gasteiger partial charge in [0.05, 0.1) is 5.41 Å². The maximum atomic E-state index is 11.6. The highest BCUT2D eigenvalue weighted by molar-refractivity contribution is 5.85. The van der Waals surface area contributed by atoms with Crippen LogP contribution in [0.3, 0.4) is 0 Å². The Morgan fingerprint density at radius 1 is 1.20 bits per heavy atom. The van der Waals surface area contributed by atoms with Gasteiger partial charge in [0.25, 0.3) is 0 Å². The van der Waals surface area contributed by atoms with Gasteiger partial charge in [-0.15, -0.1) is 0 Å². The van der Waals surface area contributed by atoms with Crippen LogP contribution in [0.25, 0.3) is 0 Å². The highest BCUT2D eigenvalue weighted by Gasteiger charge is 2.52. The number of nitrogens with zero attached hydrogens (tertiary/aromatic N) is 2. The number of carboxylic acids is 1. The van der Waals surface area contributed by atoms with Crippen molar-refractivity contribution in [2.75, 3.05) is 33.2 Å². The average molecular weight is 274 g/mol. The van der Waals surface area contributed by atoms with Crippen molar-refractivity contribution in [1.82, 2.24) is 9.80 Å². The molecule has 1 aromatic carbocycles. The largest absolute Gasteiger partial charge is 0.481 e. The number of carbonyl (C=O) groups is 1. The molecule has 4 nitrogen and oxygen atoms in total. The van der Waals surface area contributed by atoms with Crippen LogP contribution in [-0.2, 0) is 16.8 Å². The fourth-order valence-electron chi connectivity index (χ4n) is 3.10. The standard InChI is InChI=1S/C16H22N2O2/c1-17-8-10-18(11-9-17)12-13-4-2-3-5-14(13)16(6-7-16)15(19)20/h2-5H,6-12H2,1H3,(H,19,20). The fraction of sp³-hybridized carbons (Fsp3) is 0.562. The summed E-state index contributed by atoms with van der Waals surface area (Å²) in [7, 11) is 2.15. The molecule has 4 heteroatoms. The summed E-state index contributed by atoms with van der Waals surface area (Å²) < 4.78 is 0. The molecule has 0 bridgehead atoms. The minimum Gasteiger partial charge on any atom is -0.481 e. The minimum absolute atomic E-state index is 0.594. The number of aliphatic carboxylic acids is 1. The van der Waals surface area contributed by atoms with Crippen LogP contribution >= 0.6 is 0 Å². The topological polar surface area (TPSA) is 43.8 Å². The van der Waals surface area contributed by atoms with E-state index in [0.29, 0.717) is 0 Å². The van der Waals surface area contributed by atoms with E-state index < -0.39 is 11.4 Å². The van der Waals surface area contributed by atoms with Gasteiger partial charge in [0.15, 0.2) is 0 Å². The van der Waals surface area contributed by atoms with Crippen LogP contribution in [0.1, 0.15) is 24.0 Å². The zero-order valence-corrected chi connectivity index (χ0v) is 12.0. The highest BCUT2D eigenvalue weighted by Crippen LogP contribution is 2.49. The Morgan fingerprint density at radius 3 is 2.45 bits per heavy atom. The van der Waals surface area contributed by atoms with Crippen molar-refractivity contribution >= 4 is 5.97 Å². The Morgan fingerprint density at radius 2 is 1.85 bits per heavy atom. The third kappa shape index (κ3) is 2.45. The Kier molecular flexibility index (Phi) is 3.52. The van der Waals surface area contributed by atoms with E-state index in [-0.39, 0.29) is 0 Å². The quantitative estimate of drug-likeness (QED) is 0.905. The maximum Gasteiger partial charge on any atom is 0.314 e. The molecule has 2 aliphatic rings. The first-order valence-corrected chi connectivity index (χ1v) is 7.34. The lowest BCUT2D eigenvalue weighted by Crippen LogP contribution is -2.44. The van der Waals surface area contributed by atoms with E-state index in [0.717, 1.165) is 51.1 Å². The van der Waals surface area contributed by atoms with E-state index in [1.54, 1.807) is 0 Å². The predicted octanol–water partition coefficient (Wildman–Crippen LogP) is 1.55. The van der Waals surface area contributed by atoms with Crippen LogP contribution in [0, 0.1) is 0 Å². The molecule has 3 rings (SSSR count). The third-order valence-corrected chi connectivity index (χ3v) is 4.68. The molecule has 1 saturated carbocycles. The molecule has 0 atom stereocenters. The monoisotopic (exact) mass is 274 g/mol. The molecule has 0 aromatic heterocycles. The SMILES string of the molecule is CN1CCN(Cc2ccccc2C2(C(=O)O)CC2)CC1. The Labute approximate surface area is 120 Å². The molecule has 1 aliphatic heterocycles. The zero-order chi connectivity index (χ0) is 14.2. The molecule has 20 heavy (non-hydrogen) atoms. The summed E-state index contributed by atoms with van der Waals surface area (Å²) in [6.07, 6.45) is 1.56. The highest BCUT2D eigenvalue weighted by atomic mass is 16.4. The number of hydrogen-bond acceptors (Lipinski definition) is 3. The van der Waals surface area contributed by atoms with E-state index in [2.05, 4.69) is 22.9 Å². The van der Waals surface area contributed by atoms with E-state index in [9.17, 15) is 9.90 Å². The second-order valence-corrected chi connectivity index (χ2v) is 6.12. The average Bonchev–Trinajstić information content (AvgIpc) is 3.24. The van der Waals surface area contributed by atoms with Crippen LogP contribution in [-0.4, -0.2) is 54.1 Å². The van der Waals surface area contributed by atoms with Gasteiger partial charge in [-0.2, -0.15) is 0 Å². The normalized spacial score (nSPS) is 22.6. The number of piperazine rings is 1. The smallest absolute Gasteiger partial charge is 0.314 e. The van der Waals surface area contributed by atoms with Gasteiger partial charge in [0, 0.05) is 32.7 Å². The molecule has 1 heterocycles. The van der Waals surface area contributed by atoms with Crippen LogP contribution in [0.4, 0.5) is 0 Å². The summed E-state index contributed by atoms with van der Waals surface area (Å²) in [5.41, 5.74) is 1.63. The molecule has 1 N–H and O–H groups in total. The predicted molar refractivity (Wildman–Crippen MR) is 77.8 cm³/mol. The number of likely N-dealkylation sites (N-methyl/N-ethyl adjacent to an activating group) is 1. The molecule has 2 fully saturated rings. The fourth-order valence-corrected chi connectivity index (χ4v) is 3.10. The summed E-state index contributed by atoms with van der Waals surface area (Å²) in [6, 6.07) is 8.09. The molecule has 0 unspecified atom stereocenters. The Hall–Kier alpha value is -1.39. The van der Waals surface area contributed by atoms with Gasteiger partial charge in [-0.1, -0.05) is 24.3 Å². The molecule has 1 saturated heterocycles. The van der Waals surface area contributed by atoms with E-state index in [1.807, 2.05) is 18.2 Å². The molecule has 0 radical (unpaired) electrons. The summed E-state index contributed by atoms with van der Waals surface area (Å²) in [4.78, 5) is 16.3. The number of carboxylic acid groups (broad SMARTS) is 1. The van der Waals surface area contributed by atoms with Gasteiger partial charge >= 0.3 is 5.97 Å². The first kappa shape index (κ1) is 13.6. The molecule has 0 amide bonds. The van der Waals surface area contributed by atoms with Crippen molar-refractivity contribution in [1.29, 1.82) is 0 Å².